The van der Waals surface area contributed by atoms with Crippen molar-refractivity contribution in [3.63, 3.8) is 0 Å². The molecule has 0 atom stereocenters. The minimum absolute atomic E-state index is 0.152. The molecule has 0 bridgehead atoms. The molecule has 6 nitrogen and oxygen atoms in total. The third kappa shape index (κ3) is 3.33. The van der Waals surface area contributed by atoms with E-state index in [-0.39, 0.29) is 23.7 Å². The van der Waals surface area contributed by atoms with E-state index < -0.39 is 5.41 Å². The van der Waals surface area contributed by atoms with Gasteiger partial charge in [0.25, 0.3) is 0 Å². The lowest BCUT2D eigenvalue weighted by atomic mass is 9.83. The molecule has 0 N–H and O–H groups in total. The van der Waals surface area contributed by atoms with Crippen LogP contribution in [0.5, 0.6) is 0 Å². The van der Waals surface area contributed by atoms with Crippen molar-refractivity contribution < 1.29 is 14.3 Å². The van der Waals surface area contributed by atoms with E-state index >= 15 is 0 Å². The topological polar surface area (TPSA) is 83.3 Å². The average Bonchev–Trinajstić information content (AvgIpc) is 3.46. The maximum absolute atomic E-state index is 12.6. The molecule has 152 valence electrons. The van der Waals surface area contributed by atoms with Crippen LogP contribution in [0, 0.1) is 16.7 Å². The molecular formula is C23H27N3O3. The lowest BCUT2D eigenvalue weighted by Crippen LogP contribution is -2.37. The third-order valence-electron chi connectivity index (χ3n) is 6.74. The molecule has 1 aromatic heterocycles. The number of aromatic nitrogens is 1. The first-order valence-electron chi connectivity index (χ1n) is 10.4. The number of rotatable bonds is 4. The molecule has 6 heteroatoms. The van der Waals surface area contributed by atoms with Crippen molar-refractivity contribution in [3.8, 4) is 6.07 Å². The largest absolute Gasteiger partial charge is 0.465 e. The second-order valence-corrected chi connectivity index (χ2v) is 8.99. The molecule has 0 aromatic carbocycles. The minimum atomic E-state index is -0.912. The van der Waals surface area contributed by atoms with Crippen LogP contribution in [0.3, 0.4) is 0 Å². The van der Waals surface area contributed by atoms with Crippen molar-refractivity contribution in [1.29, 1.82) is 5.26 Å². The van der Waals surface area contributed by atoms with Crippen molar-refractivity contribution in [1.82, 2.24) is 9.88 Å². The van der Waals surface area contributed by atoms with E-state index in [0.717, 1.165) is 42.8 Å². The number of hydrogen-bond donors (Lipinski definition) is 0. The first-order valence-corrected chi connectivity index (χ1v) is 10.4. The number of pyridine rings is 1. The van der Waals surface area contributed by atoms with Gasteiger partial charge in [0.1, 0.15) is 17.1 Å². The van der Waals surface area contributed by atoms with Gasteiger partial charge in [0.05, 0.1) is 18.0 Å². The maximum atomic E-state index is 12.6. The van der Waals surface area contributed by atoms with Gasteiger partial charge >= 0.3 is 5.97 Å². The van der Waals surface area contributed by atoms with Gasteiger partial charge in [-0.1, -0.05) is 0 Å². The first-order chi connectivity index (χ1) is 13.8. The van der Waals surface area contributed by atoms with Gasteiger partial charge in [-0.05, 0) is 63.5 Å². The zero-order valence-electron chi connectivity index (χ0n) is 17.4. The fourth-order valence-electron chi connectivity index (χ4n) is 4.46. The molecule has 2 fully saturated rings. The standard InChI is InChI=1S/C23H27N3O3/c1-4-29-21(28)22(2,3)19-12-16-15(14-25-19)11-18(27)17(13-24)20(16)26-9-7-23(5-6-23)8-10-26/h12,14H,4-11H2,1-3H3. The number of likely N-dealkylation sites (tertiary alicyclic amines) is 1. The van der Waals surface area contributed by atoms with Gasteiger partial charge in [0, 0.05) is 31.3 Å². The van der Waals surface area contributed by atoms with Crippen LogP contribution in [0.1, 0.15) is 63.3 Å². The highest BCUT2D eigenvalue weighted by molar-refractivity contribution is 6.09. The maximum Gasteiger partial charge on any atom is 0.317 e. The number of nitrogens with zero attached hydrogens (tertiary/aromatic N) is 3. The van der Waals surface area contributed by atoms with Crippen LogP contribution in [0.15, 0.2) is 17.8 Å². The Morgan fingerprint density at radius 2 is 2.00 bits per heavy atom. The summed E-state index contributed by atoms with van der Waals surface area (Å²) in [6, 6.07) is 4.04. The van der Waals surface area contributed by atoms with E-state index in [9.17, 15) is 14.9 Å². The summed E-state index contributed by atoms with van der Waals surface area (Å²) in [6.07, 6.45) is 6.65. The molecule has 1 saturated heterocycles. The molecule has 3 aliphatic rings. The summed E-state index contributed by atoms with van der Waals surface area (Å²) in [5.41, 5.74) is 2.81. The minimum Gasteiger partial charge on any atom is -0.465 e. The van der Waals surface area contributed by atoms with Gasteiger partial charge in [0.2, 0.25) is 0 Å². The quantitative estimate of drug-likeness (QED) is 0.731. The summed E-state index contributed by atoms with van der Waals surface area (Å²) in [4.78, 5) is 31.8. The van der Waals surface area contributed by atoms with E-state index in [1.54, 1.807) is 27.0 Å². The average molecular weight is 393 g/mol. The Hall–Kier alpha value is -2.68. The van der Waals surface area contributed by atoms with E-state index in [1.807, 2.05) is 6.07 Å². The lowest BCUT2D eigenvalue weighted by molar-refractivity contribution is -0.149. The number of ether oxygens (including phenoxy) is 1. The number of piperidine rings is 1. The van der Waals surface area contributed by atoms with E-state index in [4.69, 9.17) is 4.74 Å². The Bertz CT molecular complexity index is 941. The Balaban J connectivity index is 1.76. The summed E-state index contributed by atoms with van der Waals surface area (Å²) in [6.45, 7) is 7.38. The monoisotopic (exact) mass is 393 g/mol. The van der Waals surface area contributed by atoms with Crippen LogP contribution in [0.2, 0.25) is 0 Å². The molecule has 0 amide bonds. The van der Waals surface area contributed by atoms with Crippen LogP contribution >= 0.6 is 0 Å². The lowest BCUT2D eigenvalue weighted by Gasteiger charge is -2.38. The van der Waals surface area contributed by atoms with Crippen LogP contribution in [-0.4, -0.2) is 41.3 Å². The van der Waals surface area contributed by atoms with Crippen molar-refractivity contribution in [3.05, 3.63) is 34.7 Å². The predicted molar refractivity (Wildman–Crippen MR) is 108 cm³/mol. The Labute approximate surface area is 171 Å². The van der Waals surface area contributed by atoms with Crippen molar-refractivity contribution in [2.75, 3.05) is 19.7 Å². The van der Waals surface area contributed by atoms with Crippen LogP contribution < -0.4 is 0 Å². The van der Waals surface area contributed by atoms with Crippen LogP contribution in [-0.2, 0) is 26.2 Å². The molecule has 1 aliphatic heterocycles. The second kappa shape index (κ2) is 6.98. The summed E-state index contributed by atoms with van der Waals surface area (Å²) < 4.78 is 5.23. The zero-order chi connectivity index (χ0) is 20.8. The molecule has 0 radical (unpaired) electrons. The van der Waals surface area contributed by atoms with Crippen LogP contribution in [0.25, 0.3) is 5.70 Å². The van der Waals surface area contributed by atoms with Gasteiger partial charge in [-0.2, -0.15) is 5.26 Å². The highest BCUT2D eigenvalue weighted by atomic mass is 16.5. The third-order valence-corrected chi connectivity index (χ3v) is 6.74. The van der Waals surface area contributed by atoms with Crippen LogP contribution in [0.4, 0.5) is 0 Å². The number of nitriles is 1. The Morgan fingerprint density at radius 3 is 2.59 bits per heavy atom. The second-order valence-electron chi connectivity index (χ2n) is 8.99. The number of Topliss-reactive ketones (excluding diaryl/α,β-unsaturated/α-hetero) is 1. The summed E-state index contributed by atoms with van der Waals surface area (Å²) in [7, 11) is 0. The van der Waals surface area contributed by atoms with Gasteiger partial charge in [-0.15, -0.1) is 0 Å². The van der Waals surface area contributed by atoms with E-state index in [1.165, 1.54) is 12.8 Å². The number of fused-ring (bicyclic) bond motifs is 1. The van der Waals surface area contributed by atoms with E-state index in [2.05, 4.69) is 16.0 Å². The highest BCUT2D eigenvalue weighted by Crippen LogP contribution is 2.54. The summed E-state index contributed by atoms with van der Waals surface area (Å²) in [5.74, 6) is -0.486. The number of ketones is 1. The fraction of sp³-hybridized carbons (Fsp3) is 0.565. The molecule has 2 aliphatic carbocycles. The number of esters is 1. The van der Waals surface area contributed by atoms with Crippen molar-refractivity contribution >= 4 is 17.4 Å². The molecule has 1 saturated carbocycles. The molecule has 2 heterocycles. The number of allylic oxidation sites excluding steroid dienone is 1. The van der Waals surface area contributed by atoms with Gasteiger partial charge in [-0.3, -0.25) is 14.6 Å². The summed E-state index contributed by atoms with van der Waals surface area (Å²) >= 11 is 0. The van der Waals surface area contributed by atoms with Crippen molar-refractivity contribution in [2.24, 2.45) is 5.41 Å². The Morgan fingerprint density at radius 1 is 1.31 bits per heavy atom. The molecule has 1 spiro atoms. The number of carbonyl (C=O) groups excluding carboxylic acids is 2. The smallest absolute Gasteiger partial charge is 0.317 e. The van der Waals surface area contributed by atoms with Gasteiger partial charge < -0.3 is 9.64 Å². The van der Waals surface area contributed by atoms with Crippen molar-refractivity contribution in [2.45, 2.75) is 58.3 Å². The molecule has 0 unspecified atom stereocenters. The number of carbonyl (C=O) groups is 2. The van der Waals surface area contributed by atoms with Gasteiger partial charge in [0.15, 0.2) is 5.78 Å². The first kappa shape index (κ1) is 19.6. The SMILES string of the molecule is CCOC(=O)C(C)(C)c1cc2c(cn1)CC(=O)C(C#N)=C2N1CCC2(CC1)CC2. The normalized spacial score (nSPS) is 20.3. The molecule has 1 aromatic rings. The van der Waals surface area contributed by atoms with Gasteiger partial charge in [-0.25, -0.2) is 0 Å². The van der Waals surface area contributed by atoms with E-state index in [0.29, 0.717) is 17.7 Å². The highest BCUT2D eigenvalue weighted by Gasteiger charge is 2.45. The predicted octanol–water partition coefficient (Wildman–Crippen LogP) is 3.16. The molecular weight excluding hydrogens is 366 g/mol. The number of hydrogen-bond acceptors (Lipinski definition) is 6. The zero-order valence-corrected chi connectivity index (χ0v) is 17.4. The molecule has 29 heavy (non-hydrogen) atoms. The summed E-state index contributed by atoms with van der Waals surface area (Å²) in [5, 5.41) is 9.75. The fourth-order valence-corrected chi connectivity index (χ4v) is 4.46. The Kier molecular flexibility index (Phi) is 4.72. The molecule has 4 rings (SSSR count).